The topological polar surface area (TPSA) is 257 Å². The molecule has 11 N–H and O–H groups in total. The number of primary amides is 2. The van der Waals surface area contributed by atoms with Crippen molar-refractivity contribution in [2.45, 2.75) is 50.4 Å². The van der Waals surface area contributed by atoms with E-state index in [1.54, 1.807) is 0 Å². The normalized spacial score (nSPS) is 14.6. The third kappa shape index (κ3) is 10.6. The Bertz CT molecular complexity index is 653. The highest BCUT2D eigenvalue weighted by Crippen LogP contribution is 1.98. The van der Waals surface area contributed by atoms with Crippen LogP contribution in [-0.4, -0.2) is 76.5 Å². The summed E-state index contributed by atoms with van der Waals surface area (Å²) in [4.78, 5) is 68.7. The van der Waals surface area contributed by atoms with Gasteiger partial charge in [-0.3, -0.25) is 24.0 Å². The summed E-state index contributed by atoms with van der Waals surface area (Å²) in [6, 6.07) is -4.32. The Hall–Kier alpha value is -3.26. The summed E-state index contributed by atoms with van der Waals surface area (Å²) in [6.07, 6.45) is -2.28. The number of aliphatic hydroxyl groups excluding tert-OH is 1. The van der Waals surface area contributed by atoms with Gasteiger partial charge in [-0.15, -0.1) is 0 Å². The summed E-state index contributed by atoms with van der Waals surface area (Å²) in [6.45, 7) is 0.502. The van der Waals surface area contributed by atoms with Gasteiger partial charge in [0.1, 0.15) is 6.04 Å². The fourth-order valence-corrected chi connectivity index (χ4v) is 2.03. The van der Waals surface area contributed by atoms with Crippen LogP contribution < -0.4 is 33.2 Å². The van der Waals surface area contributed by atoms with Crippen molar-refractivity contribution in [1.29, 1.82) is 0 Å². The molecule has 29 heavy (non-hydrogen) atoms. The van der Waals surface area contributed by atoms with Crippen molar-refractivity contribution in [3.05, 3.63) is 0 Å². The van der Waals surface area contributed by atoms with Crippen molar-refractivity contribution in [2.24, 2.45) is 17.2 Å². The average Bonchev–Trinajstić information content (AvgIpc) is 2.60. The van der Waals surface area contributed by atoms with Crippen LogP contribution >= 0.6 is 0 Å². The largest absolute Gasteiger partial charge is 0.480 e. The summed E-state index contributed by atoms with van der Waals surface area (Å²) in [5.74, 6) is -5.87. The van der Waals surface area contributed by atoms with Crippen LogP contribution in [0.15, 0.2) is 0 Å². The molecule has 0 heterocycles. The van der Waals surface area contributed by atoms with Gasteiger partial charge in [-0.1, -0.05) is 0 Å². The van der Waals surface area contributed by atoms with Crippen molar-refractivity contribution < 1.29 is 39.0 Å². The molecular formula is C15H26N6O8. The van der Waals surface area contributed by atoms with E-state index in [0.29, 0.717) is 0 Å². The molecule has 14 nitrogen and oxygen atoms in total. The molecule has 0 radical (unpaired) electrons. The molecule has 0 bridgehead atoms. The molecular weight excluding hydrogens is 392 g/mol. The number of aliphatic carboxylic acids is 1. The van der Waals surface area contributed by atoms with E-state index in [4.69, 9.17) is 22.3 Å². The fraction of sp³-hybridized carbons (Fsp3) is 0.600. The minimum absolute atomic E-state index is 0.0363. The second-order valence-corrected chi connectivity index (χ2v) is 6.18. The molecule has 0 spiro atoms. The van der Waals surface area contributed by atoms with Gasteiger partial charge in [0.25, 0.3) is 0 Å². The van der Waals surface area contributed by atoms with Crippen molar-refractivity contribution in [2.75, 3.05) is 6.54 Å². The first-order valence-electron chi connectivity index (χ1n) is 8.45. The first-order chi connectivity index (χ1) is 13.3. The molecule has 0 rings (SSSR count). The number of carbonyl (C=O) groups excluding carboxylic acids is 5. The van der Waals surface area contributed by atoms with Crippen LogP contribution in [0.4, 0.5) is 0 Å². The van der Waals surface area contributed by atoms with Crippen molar-refractivity contribution in [3.63, 3.8) is 0 Å². The van der Waals surface area contributed by atoms with Crippen LogP contribution in [0.1, 0.15) is 26.2 Å². The van der Waals surface area contributed by atoms with Crippen LogP contribution in [0.25, 0.3) is 0 Å². The highest BCUT2D eigenvalue weighted by atomic mass is 16.4. The number of carboxylic acid groups (broad SMARTS) is 1. The molecule has 164 valence electrons. The number of aliphatic hydroxyl groups is 1. The number of nitrogens with one attached hydrogen (secondary N) is 3. The van der Waals surface area contributed by atoms with Crippen LogP contribution in [0, 0.1) is 0 Å². The number of nitrogens with two attached hydrogens (primary N) is 3. The number of hydrogen-bond acceptors (Lipinski definition) is 8. The highest BCUT2D eigenvalue weighted by Gasteiger charge is 2.30. The second-order valence-electron chi connectivity index (χ2n) is 6.18. The molecule has 14 heteroatoms. The first kappa shape index (κ1) is 25.7. The lowest BCUT2D eigenvalue weighted by Crippen LogP contribution is -2.56. The smallest absolute Gasteiger partial charge is 0.328 e. The van der Waals surface area contributed by atoms with Gasteiger partial charge in [-0.25, -0.2) is 4.79 Å². The Morgan fingerprint density at radius 1 is 0.966 bits per heavy atom. The maximum atomic E-state index is 12.2. The minimum atomic E-state index is -1.68. The van der Waals surface area contributed by atoms with E-state index in [2.05, 4.69) is 10.6 Å². The lowest BCUT2D eigenvalue weighted by Gasteiger charge is -2.22. The Kier molecular flexibility index (Phi) is 10.9. The summed E-state index contributed by atoms with van der Waals surface area (Å²) in [5, 5.41) is 24.6. The number of hydrogen-bond donors (Lipinski definition) is 8. The molecule has 0 fully saturated rings. The van der Waals surface area contributed by atoms with Gasteiger partial charge in [0.05, 0.1) is 25.1 Å². The van der Waals surface area contributed by atoms with E-state index in [1.165, 1.54) is 0 Å². The van der Waals surface area contributed by atoms with E-state index in [0.717, 1.165) is 6.92 Å². The maximum absolute atomic E-state index is 12.2. The molecule has 0 aliphatic carbocycles. The summed E-state index contributed by atoms with van der Waals surface area (Å²) in [5.41, 5.74) is 15.5. The number of carboxylic acids is 1. The maximum Gasteiger partial charge on any atom is 0.328 e. The fourth-order valence-electron chi connectivity index (χ4n) is 2.03. The van der Waals surface area contributed by atoms with Crippen molar-refractivity contribution >= 4 is 35.5 Å². The summed E-state index contributed by atoms with van der Waals surface area (Å²) < 4.78 is 0. The first-order valence-corrected chi connectivity index (χ1v) is 8.45. The molecule has 4 atom stereocenters. The van der Waals surface area contributed by atoms with Gasteiger partial charge in [-0.05, 0) is 13.3 Å². The Morgan fingerprint density at radius 3 is 2.00 bits per heavy atom. The quantitative estimate of drug-likeness (QED) is 0.142. The van der Waals surface area contributed by atoms with Gasteiger partial charge < -0.3 is 43.4 Å². The van der Waals surface area contributed by atoms with Crippen LogP contribution in [0.5, 0.6) is 0 Å². The van der Waals surface area contributed by atoms with Crippen LogP contribution in [0.2, 0.25) is 0 Å². The predicted octanol–water partition coefficient (Wildman–Crippen LogP) is -4.99. The third-order valence-electron chi connectivity index (χ3n) is 3.56. The van der Waals surface area contributed by atoms with E-state index < -0.39 is 72.7 Å². The van der Waals surface area contributed by atoms with Gasteiger partial charge in [0.15, 0.2) is 6.04 Å². The van der Waals surface area contributed by atoms with Gasteiger partial charge >= 0.3 is 5.97 Å². The van der Waals surface area contributed by atoms with E-state index >= 15 is 0 Å². The zero-order valence-corrected chi connectivity index (χ0v) is 15.7. The number of amides is 5. The zero-order chi connectivity index (χ0) is 22.7. The molecule has 4 unspecified atom stereocenters. The Balaban J connectivity index is 4.84. The SMILES string of the molecule is CC(O)C(NC(=O)C(CC(N)=O)NC(=O)CNC(=O)C(N)CCC(N)=O)C(=O)O. The zero-order valence-electron chi connectivity index (χ0n) is 15.7. The molecule has 0 aromatic rings. The predicted molar refractivity (Wildman–Crippen MR) is 96.4 cm³/mol. The lowest BCUT2D eigenvalue weighted by atomic mass is 10.1. The summed E-state index contributed by atoms with van der Waals surface area (Å²) in [7, 11) is 0. The number of carbonyl (C=O) groups is 6. The Labute approximate surface area is 165 Å². The molecule has 0 saturated heterocycles. The number of rotatable bonds is 13. The van der Waals surface area contributed by atoms with Gasteiger partial charge in [0.2, 0.25) is 29.5 Å². The molecule has 0 aromatic carbocycles. The van der Waals surface area contributed by atoms with Crippen molar-refractivity contribution in [3.8, 4) is 0 Å². The van der Waals surface area contributed by atoms with Gasteiger partial charge in [-0.2, -0.15) is 0 Å². The van der Waals surface area contributed by atoms with E-state index in [9.17, 15) is 33.9 Å². The van der Waals surface area contributed by atoms with E-state index in [1.807, 2.05) is 5.32 Å². The Morgan fingerprint density at radius 2 is 1.55 bits per heavy atom. The second kappa shape index (κ2) is 12.2. The molecule has 5 amide bonds. The third-order valence-corrected chi connectivity index (χ3v) is 3.56. The monoisotopic (exact) mass is 418 g/mol. The minimum Gasteiger partial charge on any atom is -0.480 e. The molecule has 0 aliphatic rings. The van der Waals surface area contributed by atoms with E-state index in [-0.39, 0.29) is 12.8 Å². The van der Waals surface area contributed by atoms with Crippen LogP contribution in [-0.2, 0) is 28.8 Å². The molecule has 0 aliphatic heterocycles. The van der Waals surface area contributed by atoms with Gasteiger partial charge in [0, 0.05) is 6.42 Å². The van der Waals surface area contributed by atoms with Crippen molar-refractivity contribution in [1.82, 2.24) is 16.0 Å². The average molecular weight is 418 g/mol. The molecule has 0 saturated carbocycles. The standard InChI is InChI=1S/C15H26N6O8/c1-6(22)12(15(28)29)21-14(27)8(4-10(18)24)20-11(25)5-19-13(26)7(16)2-3-9(17)23/h6-8,12,22H,2-5,16H2,1H3,(H2,17,23)(H2,18,24)(H,19,26)(H,20,25)(H,21,27)(H,28,29). The lowest BCUT2D eigenvalue weighted by molar-refractivity contribution is -0.145. The summed E-state index contributed by atoms with van der Waals surface area (Å²) >= 11 is 0. The highest BCUT2D eigenvalue weighted by molar-refractivity contribution is 5.95. The molecule has 0 aromatic heterocycles. The van der Waals surface area contributed by atoms with Crippen LogP contribution in [0.3, 0.4) is 0 Å².